The van der Waals surface area contributed by atoms with Gasteiger partial charge in [0.25, 0.3) is 6.33 Å². The van der Waals surface area contributed by atoms with Crippen molar-refractivity contribution in [2.45, 2.75) is 38.5 Å². The topological polar surface area (TPSA) is 26.0 Å². The highest BCUT2D eigenvalue weighted by molar-refractivity contribution is 7.19. The van der Waals surface area contributed by atoms with E-state index in [9.17, 15) is 0 Å². The second kappa shape index (κ2) is 5.57. The monoisotopic (exact) mass is 399 g/mol. The van der Waals surface area contributed by atoms with Crippen LogP contribution < -0.4 is 9.30 Å². The molecule has 0 N–H and O–H groups in total. The zero-order chi connectivity index (χ0) is 19.3. The van der Waals surface area contributed by atoms with Crippen LogP contribution in [0, 0.1) is 18.8 Å². The number of hydrogen-bond acceptors (Lipinski definition) is 3. The summed E-state index contributed by atoms with van der Waals surface area (Å²) >= 11 is 1.88. The zero-order valence-corrected chi connectivity index (χ0v) is 17.6. The third-order valence-electron chi connectivity index (χ3n) is 7.61. The van der Waals surface area contributed by atoms with E-state index in [0.29, 0.717) is 5.92 Å². The van der Waals surface area contributed by atoms with Gasteiger partial charge in [0.2, 0.25) is 4.83 Å². The fourth-order valence-electron chi connectivity index (χ4n) is 6.29. The van der Waals surface area contributed by atoms with Gasteiger partial charge < -0.3 is 4.74 Å². The molecule has 4 heteroatoms. The Morgan fingerprint density at radius 3 is 2.90 bits per heavy atom. The second-order valence-electron chi connectivity index (χ2n) is 9.16. The number of fused-ring (bicyclic) bond motifs is 5. The molecular weight excluding hydrogens is 376 g/mol. The molecule has 3 aliphatic rings. The molecule has 144 valence electrons. The minimum atomic E-state index is 0.657. The quantitative estimate of drug-likeness (QED) is 0.311. The molecule has 29 heavy (non-hydrogen) atoms. The first-order valence-corrected chi connectivity index (χ1v) is 11.5. The molecular formula is C25H23N2OS+. The summed E-state index contributed by atoms with van der Waals surface area (Å²) in [6, 6.07) is 10.9. The van der Waals surface area contributed by atoms with E-state index < -0.39 is 0 Å². The maximum Gasteiger partial charge on any atom is 0.288 e. The summed E-state index contributed by atoms with van der Waals surface area (Å²) in [5.41, 5.74) is 3.78. The molecule has 2 aliphatic carbocycles. The molecule has 3 heterocycles. The first kappa shape index (κ1) is 16.3. The highest BCUT2D eigenvalue weighted by Gasteiger charge is 2.44. The Morgan fingerprint density at radius 2 is 2.07 bits per heavy atom. The maximum absolute atomic E-state index is 6.74. The van der Waals surface area contributed by atoms with Crippen molar-refractivity contribution >= 4 is 32.3 Å². The van der Waals surface area contributed by atoms with Gasteiger partial charge in [0.1, 0.15) is 11.1 Å². The van der Waals surface area contributed by atoms with Crippen LogP contribution >= 0.6 is 11.3 Å². The van der Waals surface area contributed by atoms with Crippen molar-refractivity contribution in [1.29, 1.82) is 0 Å². The van der Waals surface area contributed by atoms with Gasteiger partial charge in [0.15, 0.2) is 11.4 Å². The van der Waals surface area contributed by atoms with Gasteiger partial charge in [0, 0.05) is 5.92 Å². The van der Waals surface area contributed by atoms with E-state index in [-0.39, 0.29) is 0 Å². The fourth-order valence-corrected chi connectivity index (χ4v) is 7.57. The van der Waals surface area contributed by atoms with Gasteiger partial charge in [-0.25, -0.2) is 4.57 Å². The Kier molecular flexibility index (Phi) is 3.14. The highest BCUT2D eigenvalue weighted by Crippen LogP contribution is 2.60. The van der Waals surface area contributed by atoms with Crippen LogP contribution in [-0.4, -0.2) is 4.98 Å². The van der Waals surface area contributed by atoms with Crippen molar-refractivity contribution in [2.75, 3.05) is 0 Å². The zero-order valence-electron chi connectivity index (χ0n) is 16.7. The van der Waals surface area contributed by atoms with Crippen LogP contribution in [0.15, 0.2) is 36.7 Å². The van der Waals surface area contributed by atoms with Crippen LogP contribution in [-0.2, 0) is 7.05 Å². The Labute approximate surface area is 174 Å². The molecule has 0 amide bonds. The van der Waals surface area contributed by atoms with Crippen molar-refractivity contribution in [2.24, 2.45) is 18.9 Å². The predicted molar refractivity (Wildman–Crippen MR) is 117 cm³/mol. The highest BCUT2D eigenvalue weighted by atomic mass is 32.1. The Bertz CT molecular complexity index is 1340. The lowest BCUT2D eigenvalue weighted by Crippen LogP contribution is -2.32. The van der Waals surface area contributed by atoms with E-state index >= 15 is 0 Å². The lowest BCUT2D eigenvalue weighted by Gasteiger charge is -2.24. The van der Waals surface area contributed by atoms with Gasteiger partial charge in [-0.2, -0.15) is 0 Å². The first-order chi connectivity index (χ1) is 14.2. The van der Waals surface area contributed by atoms with E-state index in [1.165, 1.54) is 63.5 Å². The van der Waals surface area contributed by atoms with Crippen LogP contribution in [0.5, 0.6) is 11.5 Å². The third kappa shape index (κ3) is 2.08. The number of aryl methyl sites for hydroxylation is 2. The van der Waals surface area contributed by atoms with Gasteiger partial charge in [-0.1, -0.05) is 42.0 Å². The van der Waals surface area contributed by atoms with Gasteiger partial charge in [-0.15, -0.1) is 0 Å². The Balaban J connectivity index is 1.55. The number of nitrogens with zero attached hydrogens (tertiary/aromatic N) is 2. The molecule has 2 fully saturated rings. The van der Waals surface area contributed by atoms with Gasteiger partial charge >= 0.3 is 0 Å². The predicted octanol–water partition coefficient (Wildman–Crippen LogP) is 6.26. The van der Waals surface area contributed by atoms with E-state index in [1.54, 1.807) is 0 Å². The van der Waals surface area contributed by atoms with E-state index in [2.05, 4.69) is 48.9 Å². The summed E-state index contributed by atoms with van der Waals surface area (Å²) in [7, 11) is 2.12. The van der Waals surface area contributed by atoms with Crippen molar-refractivity contribution in [3.63, 3.8) is 0 Å². The third-order valence-corrected chi connectivity index (χ3v) is 8.82. The SMILES string of the molecule is Cc1c2c(cc3ccccc13)Oc1c(C3CC4CCC3C4)sc3nc[n+](C)c-2c13. The van der Waals surface area contributed by atoms with Gasteiger partial charge in [-0.05, 0) is 65.4 Å². The van der Waals surface area contributed by atoms with Crippen LogP contribution in [0.2, 0.25) is 0 Å². The van der Waals surface area contributed by atoms with Crippen molar-refractivity contribution in [3.8, 4) is 22.8 Å². The molecule has 3 nitrogen and oxygen atoms in total. The number of benzene rings is 2. The standard InChI is InChI=1S/C25H23N2OS/c1-13-17-6-4-3-5-15(17)11-19-20(13)22-21-23(28-19)24(29-25(21)26-12-27(22)2)18-10-14-7-8-16(18)9-14/h3-6,11-12,14,16,18H,7-10H2,1-2H3/q+1. The van der Waals surface area contributed by atoms with E-state index in [1.807, 2.05) is 17.7 Å². The van der Waals surface area contributed by atoms with Crippen LogP contribution in [0.25, 0.3) is 32.2 Å². The maximum atomic E-state index is 6.74. The number of ether oxygens (including phenoxy) is 1. The van der Waals surface area contributed by atoms with Crippen molar-refractivity contribution < 1.29 is 9.30 Å². The van der Waals surface area contributed by atoms with Crippen LogP contribution in [0.3, 0.4) is 0 Å². The summed E-state index contributed by atoms with van der Waals surface area (Å²) in [6.07, 6.45) is 7.53. The summed E-state index contributed by atoms with van der Waals surface area (Å²) in [6.45, 7) is 2.23. The van der Waals surface area contributed by atoms with E-state index in [4.69, 9.17) is 9.72 Å². The van der Waals surface area contributed by atoms with Gasteiger partial charge in [-0.3, -0.25) is 0 Å². The van der Waals surface area contributed by atoms with Crippen molar-refractivity contribution in [1.82, 2.24) is 4.98 Å². The van der Waals surface area contributed by atoms with Crippen molar-refractivity contribution in [3.05, 3.63) is 47.1 Å². The summed E-state index contributed by atoms with van der Waals surface area (Å²) < 4.78 is 8.93. The molecule has 0 radical (unpaired) electrons. The molecule has 3 atom stereocenters. The average Bonchev–Trinajstić information content (AvgIpc) is 3.45. The molecule has 2 aromatic heterocycles. The molecule has 4 aromatic rings. The summed E-state index contributed by atoms with van der Waals surface area (Å²) in [4.78, 5) is 7.38. The lowest BCUT2D eigenvalue weighted by molar-refractivity contribution is -0.662. The van der Waals surface area contributed by atoms with E-state index in [0.717, 1.165) is 28.2 Å². The number of hydrogen-bond donors (Lipinski definition) is 0. The van der Waals surface area contributed by atoms with Crippen LogP contribution in [0.1, 0.15) is 42.0 Å². The molecule has 3 unspecified atom stereocenters. The number of thiophene rings is 1. The van der Waals surface area contributed by atoms with Gasteiger partial charge in [0.05, 0.1) is 17.5 Å². The molecule has 2 aromatic carbocycles. The number of aromatic nitrogens is 2. The minimum Gasteiger partial charge on any atom is -0.454 e. The fraction of sp³-hybridized carbons (Fsp3) is 0.360. The summed E-state index contributed by atoms with van der Waals surface area (Å²) in [5.74, 6) is 4.52. The second-order valence-corrected chi connectivity index (χ2v) is 10.2. The number of rotatable bonds is 1. The summed E-state index contributed by atoms with van der Waals surface area (Å²) in [5, 5.41) is 3.77. The molecule has 7 rings (SSSR count). The molecule has 0 spiro atoms. The largest absolute Gasteiger partial charge is 0.454 e. The normalized spacial score (nSPS) is 24.3. The lowest BCUT2D eigenvalue weighted by atomic mass is 9.86. The smallest absolute Gasteiger partial charge is 0.288 e. The average molecular weight is 400 g/mol. The molecule has 2 bridgehead atoms. The minimum absolute atomic E-state index is 0.657. The molecule has 0 saturated heterocycles. The Hall–Kier alpha value is -2.46. The Morgan fingerprint density at radius 1 is 1.17 bits per heavy atom. The molecule has 2 saturated carbocycles. The molecule has 1 aliphatic heterocycles. The van der Waals surface area contributed by atoms with Crippen LogP contribution in [0.4, 0.5) is 0 Å². The first-order valence-electron chi connectivity index (χ1n) is 10.7.